The molecule has 154 valence electrons. The molecule has 1 aromatic heterocycles. The van der Waals surface area contributed by atoms with Crippen LogP contribution in [0.3, 0.4) is 0 Å². The Kier molecular flexibility index (Phi) is 5.84. The number of aromatic amines is 1. The van der Waals surface area contributed by atoms with Crippen molar-refractivity contribution >= 4 is 51.6 Å². The maximum Gasteiger partial charge on any atom is 0.341 e. The number of halogens is 2. The lowest BCUT2D eigenvalue weighted by molar-refractivity contribution is -0.136. The van der Waals surface area contributed by atoms with Crippen LogP contribution < -0.4 is 0 Å². The Morgan fingerprint density at radius 1 is 1.17 bits per heavy atom. The van der Waals surface area contributed by atoms with Gasteiger partial charge in [-0.05, 0) is 42.7 Å². The molecule has 7 heteroatoms. The summed E-state index contributed by atoms with van der Waals surface area (Å²) in [5.74, 6) is -0.706. The highest BCUT2D eigenvalue weighted by atomic mass is 35.5. The minimum Gasteiger partial charge on any atom is -0.462 e. The number of alkyl halides is 2. The fourth-order valence-corrected chi connectivity index (χ4v) is 3.98. The van der Waals surface area contributed by atoms with Gasteiger partial charge in [-0.3, -0.25) is 4.79 Å². The van der Waals surface area contributed by atoms with Gasteiger partial charge in [-0.1, -0.05) is 30.3 Å². The normalized spacial score (nSPS) is 13.7. The molecule has 0 radical (unpaired) electrons. The molecule has 1 aliphatic rings. The third-order valence-electron chi connectivity index (χ3n) is 5.11. The van der Waals surface area contributed by atoms with Gasteiger partial charge in [0.1, 0.15) is 4.84 Å². The van der Waals surface area contributed by atoms with E-state index in [1.54, 1.807) is 42.3 Å². The second kappa shape index (κ2) is 8.54. The van der Waals surface area contributed by atoms with Crippen LogP contribution in [0.15, 0.2) is 54.7 Å². The van der Waals surface area contributed by atoms with Gasteiger partial charge in [0.2, 0.25) is 0 Å². The number of rotatable bonds is 4. The molecule has 0 bridgehead atoms. The number of esters is 1. The minimum absolute atomic E-state index is 0.234. The van der Waals surface area contributed by atoms with Gasteiger partial charge in [0, 0.05) is 29.2 Å². The quantitative estimate of drug-likeness (QED) is 0.443. The monoisotopic (exact) mass is 442 g/mol. The first-order chi connectivity index (χ1) is 14.5. The molecule has 1 amide bonds. The number of ether oxygens (including phenoxy) is 1. The summed E-state index contributed by atoms with van der Waals surface area (Å²) in [4.78, 5) is 30.1. The van der Waals surface area contributed by atoms with Gasteiger partial charge in [0.05, 0.1) is 17.9 Å². The van der Waals surface area contributed by atoms with Crippen molar-refractivity contribution in [2.75, 3.05) is 13.2 Å². The van der Waals surface area contributed by atoms with Gasteiger partial charge >= 0.3 is 5.97 Å². The maximum atomic E-state index is 13.2. The molecule has 1 N–H and O–H groups in total. The van der Waals surface area contributed by atoms with Crippen molar-refractivity contribution < 1.29 is 14.3 Å². The van der Waals surface area contributed by atoms with Crippen LogP contribution in [0.4, 0.5) is 0 Å². The molecule has 2 aromatic carbocycles. The molecule has 0 atom stereocenters. The van der Waals surface area contributed by atoms with E-state index in [0.717, 1.165) is 16.5 Å². The first-order valence-corrected chi connectivity index (χ1v) is 10.5. The molecule has 0 aliphatic carbocycles. The summed E-state index contributed by atoms with van der Waals surface area (Å²) in [6.45, 7) is 2.42. The topological polar surface area (TPSA) is 62.4 Å². The Morgan fingerprint density at radius 3 is 2.73 bits per heavy atom. The molecule has 0 fully saturated rings. The standard InChI is InChI=1S/C23H20Cl2N2O3/c1-2-30-23(29)18-13-27(22(28)15-7-5-6-14(12-15)21(24)25)11-10-17-16-8-3-4-9-19(16)26-20(17)18/h3-9,12-13,21,26H,2,10-11H2,1H3. The molecule has 0 saturated carbocycles. The van der Waals surface area contributed by atoms with Crippen LogP contribution in [0, 0.1) is 0 Å². The predicted molar refractivity (Wildman–Crippen MR) is 119 cm³/mol. The molecular weight excluding hydrogens is 423 g/mol. The van der Waals surface area contributed by atoms with E-state index in [1.165, 1.54) is 0 Å². The van der Waals surface area contributed by atoms with Crippen LogP contribution in [0.1, 0.15) is 38.9 Å². The predicted octanol–water partition coefficient (Wildman–Crippen LogP) is 5.25. The summed E-state index contributed by atoms with van der Waals surface area (Å²) >= 11 is 11.9. The molecule has 2 heterocycles. The molecule has 5 nitrogen and oxygen atoms in total. The second-order valence-electron chi connectivity index (χ2n) is 6.96. The fraction of sp³-hybridized carbons (Fsp3) is 0.217. The van der Waals surface area contributed by atoms with E-state index in [-0.39, 0.29) is 12.5 Å². The summed E-state index contributed by atoms with van der Waals surface area (Å²) in [6, 6.07) is 14.8. The van der Waals surface area contributed by atoms with Gasteiger partial charge < -0.3 is 14.6 Å². The number of nitrogens with one attached hydrogen (secondary N) is 1. The Labute approximate surface area is 184 Å². The van der Waals surface area contributed by atoms with Gasteiger partial charge in [-0.25, -0.2) is 4.79 Å². The van der Waals surface area contributed by atoms with E-state index < -0.39 is 10.8 Å². The zero-order valence-electron chi connectivity index (χ0n) is 16.3. The van der Waals surface area contributed by atoms with Crippen molar-refractivity contribution in [2.45, 2.75) is 18.2 Å². The number of fused-ring (bicyclic) bond motifs is 3. The molecule has 3 aromatic rings. The number of carbonyl (C=O) groups excluding carboxylic acids is 2. The molecule has 30 heavy (non-hydrogen) atoms. The molecule has 0 spiro atoms. The Morgan fingerprint density at radius 2 is 1.97 bits per heavy atom. The second-order valence-corrected chi connectivity index (χ2v) is 8.06. The van der Waals surface area contributed by atoms with E-state index in [9.17, 15) is 9.59 Å². The van der Waals surface area contributed by atoms with Crippen molar-refractivity contribution in [2.24, 2.45) is 0 Å². The average molecular weight is 443 g/mol. The average Bonchev–Trinajstić information content (AvgIpc) is 3.01. The van der Waals surface area contributed by atoms with Crippen molar-refractivity contribution in [3.8, 4) is 0 Å². The molecular formula is C23H20Cl2N2O3. The van der Waals surface area contributed by atoms with Gasteiger partial charge in [-0.15, -0.1) is 23.2 Å². The number of benzene rings is 2. The largest absolute Gasteiger partial charge is 0.462 e. The molecule has 4 rings (SSSR count). The number of H-pyrrole nitrogens is 1. The van der Waals surface area contributed by atoms with E-state index in [2.05, 4.69) is 4.98 Å². The lowest BCUT2D eigenvalue weighted by Crippen LogP contribution is -2.28. The number of amides is 1. The highest BCUT2D eigenvalue weighted by molar-refractivity contribution is 6.44. The highest BCUT2D eigenvalue weighted by Gasteiger charge is 2.27. The maximum absolute atomic E-state index is 13.2. The van der Waals surface area contributed by atoms with Crippen molar-refractivity contribution in [1.82, 2.24) is 9.88 Å². The zero-order valence-corrected chi connectivity index (χ0v) is 17.8. The summed E-state index contributed by atoms with van der Waals surface area (Å²) in [6.07, 6.45) is 2.17. The first kappa shape index (κ1) is 20.5. The van der Waals surface area contributed by atoms with Crippen LogP contribution in [0.25, 0.3) is 16.5 Å². The third kappa shape index (κ3) is 3.83. The first-order valence-electron chi connectivity index (χ1n) is 9.67. The summed E-state index contributed by atoms with van der Waals surface area (Å²) in [5, 5.41) is 1.03. The highest BCUT2D eigenvalue weighted by Crippen LogP contribution is 2.32. The molecule has 1 aliphatic heterocycles. The van der Waals surface area contributed by atoms with Crippen LogP contribution in [0.2, 0.25) is 0 Å². The van der Waals surface area contributed by atoms with Crippen molar-refractivity contribution in [1.29, 1.82) is 0 Å². The Balaban J connectivity index is 1.77. The number of hydrogen-bond acceptors (Lipinski definition) is 3. The van der Waals surface area contributed by atoms with Crippen LogP contribution >= 0.6 is 23.2 Å². The van der Waals surface area contributed by atoms with Crippen LogP contribution in [-0.4, -0.2) is 34.9 Å². The SMILES string of the molecule is CCOC(=O)C1=CN(C(=O)c2cccc(C(Cl)Cl)c2)CCc2c1[nH]c1ccccc21. The summed E-state index contributed by atoms with van der Waals surface area (Å²) < 4.78 is 5.27. The van der Waals surface area contributed by atoms with Crippen LogP contribution in [0.5, 0.6) is 0 Å². The van der Waals surface area contributed by atoms with E-state index in [0.29, 0.717) is 35.4 Å². The summed E-state index contributed by atoms with van der Waals surface area (Å²) in [5.41, 5.74) is 4.06. The van der Waals surface area contributed by atoms with E-state index in [4.69, 9.17) is 27.9 Å². The van der Waals surface area contributed by atoms with E-state index >= 15 is 0 Å². The number of hydrogen-bond donors (Lipinski definition) is 1. The Hall–Kier alpha value is -2.76. The number of aromatic nitrogens is 1. The zero-order chi connectivity index (χ0) is 21.3. The van der Waals surface area contributed by atoms with Gasteiger partial charge in [0.25, 0.3) is 5.91 Å². The summed E-state index contributed by atoms with van der Waals surface area (Å²) in [7, 11) is 0. The lowest BCUT2D eigenvalue weighted by atomic mass is 10.0. The molecule has 0 unspecified atom stereocenters. The third-order valence-corrected chi connectivity index (χ3v) is 5.62. The molecule has 0 saturated heterocycles. The van der Waals surface area contributed by atoms with E-state index in [1.807, 2.05) is 24.3 Å². The number of para-hydroxylation sites is 1. The smallest absolute Gasteiger partial charge is 0.341 e. The minimum atomic E-state index is -0.723. The van der Waals surface area contributed by atoms with Gasteiger partial charge in [-0.2, -0.15) is 0 Å². The van der Waals surface area contributed by atoms with Crippen molar-refractivity contribution in [3.63, 3.8) is 0 Å². The number of carbonyl (C=O) groups is 2. The number of nitrogens with zero attached hydrogens (tertiary/aromatic N) is 1. The lowest BCUT2D eigenvalue weighted by Gasteiger charge is -2.18. The fourth-order valence-electron chi connectivity index (χ4n) is 3.70. The van der Waals surface area contributed by atoms with Crippen molar-refractivity contribution in [3.05, 3.63) is 77.1 Å². The van der Waals surface area contributed by atoms with Gasteiger partial charge in [0.15, 0.2) is 0 Å². The Bertz CT molecular complexity index is 1150. The van der Waals surface area contributed by atoms with Crippen LogP contribution in [-0.2, 0) is 16.0 Å².